The van der Waals surface area contributed by atoms with Gasteiger partial charge in [0.15, 0.2) is 0 Å². The molecule has 0 aromatic heterocycles. The van der Waals surface area contributed by atoms with Gasteiger partial charge in [-0.2, -0.15) is 0 Å². The molecule has 0 amide bonds. The Labute approximate surface area is 61.2 Å². The van der Waals surface area contributed by atoms with Crippen LogP contribution in [0.3, 0.4) is 0 Å². The van der Waals surface area contributed by atoms with Crippen molar-refractivity contribution >= 4 is 0 Å². The summed E-state index contributed by atoms with van der Waals surface area (Å²) in [6.45, 7) is 0. The molecular formula is C6H18N2O2. The molecule has 1 saturated carbocycles. The minimum absolute atomic E-state index is 0. The van der Waals surface area contributed by atoms with Gasteiger partial charge in [-0.25, -0.2) is 0 Å². The average Bonchev–Trinajstić information content (AvgIpc) is 1.77. The lowest BCUT2D eigenvalue weighted by molar-refractivity contribution is 0.395. The van der Waals surface area contributed by atoms with Gasteiger partial charge in [-0.1, -0.05) is 0 Å². The Morgan fingerprint density at radius 2 is 0.900 bits per heavy atom. The van der Waals surface area contributed by atoms with Gasteiger partial charge in [0.05, 0.1) is 0 Å². The highest BCUT2D eigenvalue weighted by Crippen LogP contribution is 2.14. The van der Waals surface area contributed by atoms with E-state index in [9.17, 15) is 0 Å². The predicted octanol–water partition coefficient (Wildman–Crippen LogP) is -1.43. The van der Waals surface area contributed by atoms with Gasteiger partial charge in [-0.15, -0.1) is 0 Å². The second kappa shape index (κ2) is 5.61. The fraction of sp³-hybridized carbons (Fsp3) is 1.00. The normalized spacial score (nSPS) is 31.8. The number of hydrogen-bond acceptors (Lipinski definition) is 2. The molecule has 64 valence electrons. The van der Waals surface area contributed by atoms with E-state index in [4.69, 9.17) is 11.5 Å². The molecule has 1 aliphatic carbocycles. The first-order chi connectivity index (χ1) is 3.79. The summed E-state index contributed by atoms with van der Waals surface area (Å²) in [5.41, 5.74) is 11.3. The van der Waals surface area contributed by atoms with E-state index in [1.807, 2.05) is 0 Å². The maximum atomic E-state index is 5.64. The quantitative estimate of drug-likeness (QED) is 0.440. The fourth-order valence-electron chi connectivity index (χ4n) is 1.14. The van der Waals surface area contributed by atoms with E-state index in [0.717, 1.165) is 25.7 Å². The molecule has 0 spiro atoms. The zero-order valence-corrected chi connectivity index (χ0v) is 6.14. The van der Waals surface area contributed by atoms with E-state index >= 15 is 0 Å². The van der Waals surface area contributed by atoms with Gasteiger partial charge >= 0.3 is 0 Å². The van der Waals surface area contributed by atoms with Gasteiger partial charge in [0.1, 0.15) is 0 Å². The van der Waals surface area contributed by atoms with Gasteiger partial charge in [0.2, 0.25) is 0 Å². The van der Waals surface area contributed by atoms with Crippen molar-refractivity contribution in [2.45, 2.75) is 37.8 Å². The number of nitrogens with two attached hydrogens (primary N) is 2. The topological polar surface area (TPSA) is 115 Å². The van der Waals surface area contributed by atoms with Crippen molar-refractivity contribution < 1.29 is 11.0 Å². The molecule has 10 heavy (non-hydrogen) atoms. The Balaban J connectivity index is 0. The molecule has 0 radical (unpaired) electrons. The third-order valence-corrected chi connectivity index (χ3v) is 1.82. The molecule has 0 aromatic rings. The Kier molecular flexibility index (Phi) is 7.02. The fourth-order valence-corrected chi connectivity index (χ4v) is 1.14. The van der Waals surface area contributed by atoms with Crippen LogP contribution in [0.25, 0.3) is 0 Å². The molecule has 4 nitrogen and oxygen atoms in total. The van der Waals surface area contributed by atoms with Crippen LogP contribution < -0.4 is 11.5 Å². The molecule has 0 saturated heterocycles. The van der Waals surface area contributed by atoms with Gasteiger partial charge in [0.25, 0.3) is 0 Å². The molecule has 1 fully saturated rings. The summed E-state index contributed by atoms with van der Waals surface area (Å²) in [4.78, 5) is 0. The van der Waals surface area contributed by atoms with Gasteiger partial charge in [-0.3, -0.25) is 0 Å². The summed E-state index contributed by atoms with van der Waals surface area (Å²) in [7, 11) is 0. The second-order valence-corrected chi connectivity index (χ2v) is 2.67. The van der Waals surface area contributed by atoms with E-state index in [1.54, 1.807) is 0 Å². The van der Waals surface area contributed by atoms with Gasteiger partial charge in [0, 0.05) is 12.1 Å². The molecular weight excluding hydrogens is 132 g/mol. The van der Waals surface area contributed by atoms with Crippen LogP contribution in [0.5, 0.6) is 0 Å². The SMILES string of the molecule is NC1CCC(N)CC1.O.O. The van der Waals surface area contributed by atoms with Crippen LogP contribution in [0.2, 0.25) is 0 Å². The molecule has 0 atom stereocenters. The summed E-state index contributed by atoms with van der Waals surface area (Å²) >= 11 is 0. The van der Waals surface area contributed by atoms with Gasteiger partial charge in [-0.05, 0) is 25.7 Å². The Morgan fingerprint density at radius 1 is 0.700 bits per heavy atom. The third-order valence-electron chi connectivity index (χ3n) is 1.82. The zero-order valence-electron chi connectivity index (χ0n) is 6.14. The summed E-state index contributed by atoms with van der Waals surface area (Å²) in [6.07, 6.45) is 4.50. The van der Waals surface area contributed by atoms with Crippen molar-refractivity contribution in [3.63, 3.8) is 0 Å². The summed E-state index contributed by atoms with van der Waals surface area (Å²) in [6, 6.07) is 0.879. The van der Waals surface area contributed by atoms with Crippen LogP contribution in [0, 0.1) is 0 Å². The number of rotatable bonds is 0. The Bertz CT molecular complexity index is 62.1. The lowest BCUT2D eigenvalue weighted by Gasteiger charge is -2.22. The van der Waals surface area contributed by atoms with E-state index in [-0.39, 0.29) is 11.0 Å². The Hall–Kier alpha value is -0.160. The van der Waals surface area contributed by atoms with Crippen molar-refractivity contribution in [1.29, 1.82) is 0 Å². The van der Waals surface area contributed by atoms with Gasteiger partial charge < -0.3 is 22.4 Å². The summed E-state index contributed by atoms with van der Waals surface area (Å²) in [5, 5.41) is 0. The molecule has 4 heteroatoms. The van der Waals surface area contributed by atoms with Crippen LogP contribution in [0.1, 0.15) is 25.7 Å². The van der Waals surface area contributed by atoms with E-state index in [2.05, 4.69) is 0 Å². The van der Waals surface area contributed by atoms with Crippen LogP contribution in [0.4, 0.5) is 0 Å². The Morgan fingerprint density at radius 3 is 1.10 bits per heavy atom. The largest absolute Gasteiger partial charge is 0.412 e. The van der Waals surface area contributed by atoms with E-state index in [0.29, 0.717) is 12.1 Å². The third kappa shape index (κ3) is 3.79. The van der Waals surface area contributed by atoms with Crippen molar-refractivity contribution in [2.75, 3.05) is 0 Å². The zero-order chi connectivity index (χ0) is 5.98. The predicted molar refractivity (Wildman–Crippen MR) is 41.6 cm³/mol. The van der Waals surface area contributed by atoms with Crippen LogP contribution in [-0.4, -0.2) is 23.0 Å². The lowest BCUT2D eigenvalue weighted by atomic mass is 9.93. The minimum Gasteiger partial charge on any atom is -0.412 e. The van der Waals surface area contributed by atoms with Crippen molar-refractivity contribution in [1.82, 2.24) is 0 Å². The van der Waals surface area contributed by atoms with E-state index in [1.165, 1.54) is 0 Å². The lowest BCUT2D eigenvalue weighted by Crippen LogP contribution is -2.33. The van der Waals surface area contributed by atoms with Crippen molar-refractivity contribution in [3.05, 3.63) is 0 Å². The molecule has 8 N–H and O–H groups in total. The first-order valence-corrected chi connectivity index (χ1v) is 3.30. The minimum atomic E-state index is 0. The molecule has 0 unspecified atom stereocenters. The highest BCUT2D eigenvalue weighted by molar-refractivity contribution is 4.75. The van der Waals surface area contributed by atoms with Crippen LogP contribution in [0.15, 0.2) is 0 Å². The first kappa shape index (κ1) is 12.5. The summed E-state index contributed by atoms with van der Waals surface area (Å²) < 4.78 is 0. The molecule has 0 heterocycles. The van der Waals surface area contributed by atoms with Crippen LogP contribution >= 0.6 is 0 Å². The standard InChI is InChI=1S/C6H14N2.2H2O/c7-5-1-2-6(8)4-3-5;;/h5-6H,1-4,7-8H2;2*1H2. The van der Waals surface area contributed by atoms with Crippen LogP contribution in [-0.2, 0) is 0 Å². The highest BCUT2D eigenvalue weighted by Gasteiger charge is 2.13. The van der Waals surface area contributed by atoms with Crippen molar-refractivity contribution in [2.24, 2.45) is 11.5 Å². The monoisotopic (exact) mass is 150 g/mol. The molecule has 1 rings (SSSR count). The first-order valence-electron chi connectivity index (χ1n) is 3.30. The number of hydrogen-bond donors (Lipinski definition) is 2. The molecule has 1 aliphatic rings. The molecule has 0 bridgehead atoms. The maximum absolute atomic E-state index is 5.64. The van der Waals surface area contributed by atoms with E-state index < -0.39 is 0 Å². The summed E-state index contributed by atoms with van der Waals surface area (Å²) in [5.74, 6) is 0. The molecule has 0 aliphatic heterocycles. The smallest absolute Gasteiger partial charge is 0.00399 e. The average molecular weight is 150 g/mol. The van der Waals surface area contributed by atoms with Crippen molar-refractivity contribution in [3.8, 4) is 0 Å². The maximum Gasteiger partial charge on any atom is 0.00399 e. The molecule has 0 aromatic carbocycles. The highest BCUT2D eigenvalue weighted by atomic mass is 16.0. The second-order valence-electron chi connectivity index (χ2n) is 2.67.